The number of aryl methyl sites for hydroxylation is 1. The first kappa shape index (κ1) is 16.5. The Morgan fingerprint density at radius 1 is 1.14 bits per heavy atom. The lowest BCUT2D eigenvalue weighted by atomic mass is 10.1. The van der Waals surface area contributed by atoms with Crippen molar-refractivity contribution < 1.29 is 8.42 Å². The van der Waals surface area contributed by atoms with Gasteiger partial charge in [-0.1, -0.05) is 47.1 Å². The van der Waals surface area contributed by atoms with Gasteiger partial charge in [0.15, 0.2) is 0 Å². The highest BCUT2D eigenvalue weighted by atomic mass is 79.9. The molecule has 0 amide bonds. The fraction of sp³-hybridized carbons (Fsp3) is 0.118. The second kappa shape index (κ2) is 6.91. The van der Waals surface area contributed by atoms with Crippen molar-refractivity contribution in [3.05, 3.63) is 69.0 Å². The van der Waals surface area contributed by atoms with Gasteiger partial charge in [0.1, 0.15) is 11.0 Å². The predicted molar refractivity (Wildman–Crippen MR) is 90.7 cm³/mol. The maximum absolute atomic E-state index is 12.5. The zero-order valence-corrected chi connectivity index (χ0v) is 14.4. The van der Waals surface area contributed by atoms with Crippen molar-refractivity contribution in [2.24, 2.45) is 0 Å². The zero-order valence-electron chi connectivity index (χ0n) is 12.0. The Morgan fingerprint density at radius 2 is 1.73 bits per heavy atom. The summed E-state index contributed by atoms with van der Waals surface area (Å²) in [6.45, 7) is 2.05. The predicted octanol–water partition coefficient (Wildman–Crippen LogP) is 4.35. The zero-order chi connectivity index (χ0) is 16.2. The van der Waals surface area contributed by atoms with Crippen molar-refractivity contribution in [1.29, 1.82) is 5.26 Å². The highest BCUT2D eigenvalue weighted by Gasteiger charge is 2.20. The Morgan fingerprint density at radius 3 is 2.23 bits per heavy atom. The summed E-state index contributed by atoms with van der Waals surface area (Å²) >= 11 is 3.26. The van der Waals surface area contributed by atoms with E-state index in [0.29, 0.717) is 5.56 Å². The van der Waals surface area contributed by atoms with E-state index in [1.165, 1.54) is 18.2 Å². The number of hydrogen-bond acceptors (Lipinski definition) is 3. The van der Waals surface area contributed by atoms with Gasteiger partial charge in [-0.25, -0.2) is 8.42 Å². The summed E-state index contributed by atoms with van der Waals surface area (Å²) in [6.07, 6.45) is 2.31. The van der Waals surface area contributed by atoms with Gasteiger partial charge in [0.2, 0.25) is 9.84 Å². The Kier molecular flexibility index (Phi) is 5.17. The lowest BCUT2D eigenvalue weighted by Crippen LogP contribution is -2.03. The van der Waals surface area contributed by atoms with Crippen LogP contribution >= 0.6 is 15.9 Å². The normalized spacial score (nSPS) is 12.0. The van der Waals surface area contributed by atoms with Crippen LogP contribution < -0.4 is 0 Å². The first-order valence-electron chi connectivity index (χ1n) is 6.68. The van der Waals surface area contributed by atoms with Gasteiger partial charge in [-0.05, 0) is 47.9 Å². The monoisotopic (exact) mass is 375 g/mol. The maximum Gasteiger partial charge on any atom is 0.216 e. The van der Waals surface area contributed by atoms with Crippen LogP contribution in [0.2, 0.25) is 0 Å². The van der Waals surface area contributed by atoms with Gasteiger partial charge in [0.05, 0.1) is 4.90 Å². The minimum atomic E-state index is -3.80. The Bertz CT molecular complexity index is 830. The third kappa shape index (κ3) is 3.65. The number of allylic oxidation sites excluding steroid dienone is 1. The number of hydrogen-bond donors (Lipinski definition) is 0. The molecule has 0 radical (unpaired) electrons. The van der Waals surface area contributed by atoms with Crippen LogP contribution in [0.3, 0.4) is 0 Å². The van der Waals surface area contributed by atoms with Crippen molar-refractivity contribution in [3.8, 4) is 6.07 Å². The molecule has 0 saturated carbocycles. The summed E-state index contributed by atoms with van der Waals surface area (Å²) in [4.78, 5) is -0.159. The van der Waals surface area contributed by atoms with Crippen LogP contribution in [0.1, 0.15) is 18.1 Å². The van der Waals surface area contributed by atoms with Gasteiger partial charge in [-0.15, -0.1) is 0 Å². The van der Waals surface area contributed by atoms with Crippen molar-refractivity contribution >= 4 is 31.8 Å². The van der Waals surface area contributed by atoms with Gasteiger partial charge in [0, 0.05) is 4.47 Å². The second-order valence-electron chi connectivity index (χ2n) is 4.67. The average molecular weight is 376 g/mol. The summed E-state index contributed by atoms with van der Waals surface area (Å²) in [5, 5.41) is 9.23. The molecule has 2 rings (SSSR count). The second-order valence-corrected chi connectivity index (χ2v) is 7.51. The average Bonchev–Trinajstić information content (AvgIpc) is 2.53. The van der Waals surface area contributed by atoms with E-state index >= 15 is 0 Å². The quantitative estimate of drug-likeness (QED) is 0.746. The highest BCUT2D eigenvalue weighted by molar-refractivity contribution is 9.10. The van der Waals surface area contributed by atoms with E-state index in [0.717, 1.165) is 16.5 Å². The van der Waals surface area contributed by atoms with Crippen molar-refractivity contribution in [1.82, 2.24) is 0 Å². The molecule has 112 valence electrons. The molecular weight excluding hydrogens is 362 g/mol. The molecule has 22 heavy (non-hydrogen) atoms. The number of nitriles is 1. The largest absolute Gasteiger partial charge is 0.218 e. The van der Waals surface area contributed by atoms with Crippen LogP contribution in [0.4, 0.5) is 0 Å². The van der Waals surface area contributed by atoms with E-state index in [2.05, 4.69) is 15.9 Å². The fourth-order valence-corrected chi connectivity index (χ4v) is 3.34. The van der Waals surface area contributed by atoms with Crippen molar-refractivity contribution in [3.63, 3.8) is 0 Å². The third-order valence-electron chi connectivity index (χ3n) is 3.21. The molecule has 2 aromatic rings. The van der Waals surface area contributed by atoms with E-state index in [4.69, 9.17) is 0 Å². The molecule has 0 bridgehead atoms. The van der Waals surface area contributed by atoms with Crippen LogP contribution in [0.25, 0.3) is 6.08 Å². The summed E-state index contributed by atoms with van der Waals surface area (Å²) in [6, 6.07) is 15.5. The van der Waals surface area contributed by atoms with Crippen molar-refractivity contribution in [2.45, 2.75) is 18.2 Å². The van der Waals surface area contributed by atoms with Crippen LogP contribution in [-0.2, 0) is 16.3 Å². The van der Waals surface area contributed by atoms with E-state index in [9.17, 15) is 13.7 Å². The molecule has 2 aromatic carbocycles. The van der Waals surface area contributed by atoms with E-state index < -0.39 is 9.84 Å². The first-order valence-corrected chi connectivity index (χ1v) is 8.96. The minimum Gasteiger partial charge on any atom is -0.218 e. The molecule has 0 fully saturated rings. The molecule has 0 atom stereocenters. The fourth-order valence-electron chi connectivity index (χ4n) is 1.91. The van der Waals surface area contributed by atoms with Gasteiger partial charge in [-0.2, -0.15) is 5.26 Å². The molecule has 3 nitrogen and oxygen atoms in total. The molecular formula is C17H14BrNO2S. The van der Waals surface area contributed by atoms with E-state index in [-0.39, 0.29) is 9.80 Å². The lowest BCUT2D eigenvalue weighted by molar-refractivity contribution is 0.603. The molecule has 0 aliphatic carbocycles. The number of nitrogens with zero attached hydrogens (tertiary/aromatic N) is 1. The molecule has 0 aromatic heterocycles. The number of sulfone groups is 1. The maximum atomic E-state index is 12.5. The molecule has 0 aliphatic rings. The third-order valence-corrected chi connectivity index (χ3v) is 5.42. The molecule has 0 aliphatic heterocycles. The Hall–Kier alpha value is -1.90. The van der Waals surface area contributed by atoms with Crippen LogP contribution in [0, 0.1) is 11.3 Å². The molecule has 5 heteroatoms. The summed E-state index contributed by atoms with van der Waals surface area (Å²) in [5.74, 6) is 0. The van der Waals surface area contributed by atoms with Crippen LogP contribution in [0.5, 0.6) is 0 Å². The number of halogens is 1. The Labute approximate surface area is 139 Å². The molecule has 0 N–H and O–H groups in total. The highest BCUT2D eigenvalue weighted by Crippen LogP contribution is 2.23. The molecule has 0 unspecified atom stereocenters. The van der Waals surface area contributed by atoms with Crippen molar-refractivity contribution in [2.75, 3.05) is 0 Å². The summed E-state index contributed by atoms with van der Waals surface area (Å²) in [5.41, 5.74) is 1.85. The molecule has 0 spiro atoms. The summed E-state index contributed by atoms with van der Waals surface area (Å²) < 4.78 is 25.8. The minimum absolute atomic E-state index is 0.105. The van der Waals surface area contributed by atoms with Gasteiger partial charge < -0.3 is 0 Å². The smallest absolute Gasteiger partial charge is 0.216 e. The summed E-state index contributed by atoms with van der Waals surface area (Å²) in [7, 11) is -3.80. The van der Waals surface area contributed by atoms with E-state index in [1.54, 1.807) is 18.2 Å². The van der Waals surface area contributed by atoms with Crippen LogP contribution in [-0.4, -0.2) is 8.42 Å². The van der Waals surface area contributed by atoms with Crippen LogP contribution in [0.15, 0.2) is 62.8 Å². The van der Waals surface area contributed by atoms with Gasteiger partial charge in [0.25, 0.3) is 0 Å². The van der Waals surface area contributed by atoms with E-state index in [1.807, 2.05) is 31.2 Å². The van der Waals surface area contributed by atoms with Gasteiger partial charge >= 0.3 is 0 Å². The lowest BCUT2D eigenvalue weighted by Gasteiger charge is -2.04. The first-order chi connectivity index (χ1) is 10.5. The number of rotatable bonds is 4. The molecule has 0 heterocycles. The number of benzene rings is 2. The molecule has 0 saturated heterocycles. The SMILES string of the molecule is CCc1ccc(/C=C(\C#N)S(=O)(=O)c2ccc(Br)cc2)cc1. The topological polar surface area (TPSA) is 57.9 Å². The Balaban J connectivity index is 2.43. The standard InChI is InChI=1S/C17H14BrNO2S/c1-2-13-3-5-14(6-4-13)11-17(12-19)22(20,21)16-9-7-15(18)8-10-16/h3-11H,2H2,1H3/b17-11+. The van der Waals surface area contributed by atoms with Gasteiger partial charge in [-0.3, -0.25) is 0 Å².